The lowest BCUT2D eigenvalue weighted by Crippen LogP contribution is -2.37. The van der Waals surface area contributed by atoms with Crippen LogP contribution in [0.3, 0.4) is 0 Å². The number of benzene rings is 1. The number of rotatable bonds is 5. The molecular formula is C20H20N6O4. The van der Waals surface area contributed by atoms with Crippen molar-refractivity contribution in [2.45, 2.75) is 0 Å². The molecule has 1 N–H and O–H groups in total. The summed E-state index contributed by atoms with van der Waals surface area (Å²) in [5, 5.41) is 2.48. The first-order valence-electron chi connectivity index (χ1n) is 9.33. The first-order chi connectivity index (χ1) is 14.7. The summed E-state index contributed by atoms with van der Waals surface area (Å²) in [5.74, 6) is 2.27. The van der Waals surface area contributed by atoms with E-state index < -0.39 is 6.09 Å². The first-order valence-corrected chi connectivity index (χ1v) is 9.33. The van der Waals surface area contributed by atoms with Crippen molar-refractivity contribution in [3.05, 3.63) is 48.9 Å². The van der Waals surface area contributed by atoms with Gasteiger partial charge in [0.1, 0.15) is 5.75 Å². The number of anilines is 2. The van der Waals surface area contributed by atoms with Crippen LogP contribution in [0.15, 0.2) is 48.9 Å². The molecule has 0 saturated carbocycles. The van der Waals surface area contributed by atoms with Crippen molar-refractivity contribution in [1.29, 1.82) is 0 Å². The van der Waals surface area contributed by atoms with Crippen LogP contribution in [0.25, 0.3) is 11.4 Å². The van der Waals surface area contributed by atoms with Crippen LogP contribution in [0.4, 0.5) is 16.6 Å². The van der Waals surface area contributed by atoms with Crippen LogP contribution in [-0.2, 0) is 4.74 Å². The number of morpholine rings is 1. The highest BCUT2D eigenvalue weighted by atomic mass is 16.6. The molecule has 0 bridgehead atoms. The lowest BCUT2D eigenvalue weighted by Gasteiger charge is -2.28. The van der Waals surface area contributed by atoms with Gasteiger partial charge >= 0.3 is 6.09 Å². The Morgan fingerprint density at radius 1 is 1.07 bits per heavy atom. The standard InChI is InChI=1S/C20H20N6O4/c1-28-16-13-21-17(24-18(16)26-7-9-29-10-8-26)14-11-22-19(23-12-14)25-20(27)30-15-5-3-2-4-6-15/h2-6,11-13H,7-10H2,1H3,(H,22,23,25,27). The van der Waals surface area contributed by atoms with E-state index in [-0.39, 0.29) is 5.95 Å². The second-order valence-corrected chi connectivity index (χ2v) is 6.31. The second-order valence-electron chi connectivity index (χ2n) is 6.31. The van der Waals surface area contributed by atoms with Crippen LogP contribution in [0.1, 0.15) is 0 Å². The van der Waals surface area contributed by atoms with Crippen molar-refractivity contribution >= 4 is 17.9 Å². The Balaban J connectivity index is 1.47. The fourth-order valence-corrected chi connectivity index (χ4v) is 2.87. The highest BCUT2D eigenvalue weighted by molar-refractivity contribution is 5.84. The molecule has 1 aromatic carbocycles. The molecule has 4 rings (SSSR count). The maximum atomic E-state index is 12.0. The molecule has 154 valence electrons. The number of hydrogen-bond donors (Lipinski definition) is 1. The molecule has 0 aliphatic carbocycles. The molecular weight excluding hydrogens is 388 g/mol. The number of carbonyl (C=O) groups excluding carboxylic acids is 1. The van der Waals surface area contributed by atoms with Crippen molar-refractivity contribution in [3.8, 4) is 22.9 Å². The molecule has 0 spiro atoms. The van der Waals surface area contributed by atoms with Gasteiger partial charge in [-0.3, -0.25) is 5.32 Å². The fourth-order valence-electron chi connectivity index (χ4n) is 2.87. The van der Waals surface area contributed by atoms with Crippen molar-refractivity contribution in [1.82, 2.24) is 19.9 Å². The van der Waals surface area contributed by atoms with Crippen LogP contribution in [0.2, 0.25) is 0 Å². The van der Waals surface area contributed by atoms with Gasteiger partial charge in [-0.1, -0.05) is 18.2 Å². The van der Waals surface area contributed by atoms with E-state index in [9.17, 15) is 4.79 Å². The molecule has 0 radical (unpaired) electrons. The fraction of sp³-hybridized carbons (Fsp3) is 0.250. The van der Waals surface area contributed by atoms with Gasteiger partial charge in [-0.15, -0.1) is 0 Å². The monoisotopic (exact) mass is 408 g/mol. The summed E-state index contributed by atoms with van der Waals surface area (Å²) in [5.41, 5.74) is 0.606. The predicted molar refractivity (Wildman–Crippen MR) is 109 cm³/mol. The highest BCUT2D eigenvalue weighted by Crippen LogP contribution is 2.28. The zero-order valence-electron chi connectivity index (χ0n) is 16.3. The summed E-state index contributed by atoms with van der Waals surface area (Å²) >= 11 is 0. The maximum Gasteiger partial charge on any atom is 0.419 e. The first kappa shape index (κ1) is 19.5. The third kappa shape index (κ3) is 4.61. The van der Waals surface area contributed by atoms with Gasteiger partial charge in [0.2, 0.25) is 5.95 Å². The Bertz CT molecular complexity index is 994. The third-order valence-corrected chi connectivity index (χ3v) is 4.34. The predicted octanol–water partition coefficient (Wildman–Crippen LogP) is 2.39. The maximum absolute atomic E-state index is 12.0. The number of methoxy groups -OCH3 is 1. The normalized spacial score (nSPS) is 13.6. The topological polar surface area (TPSA) is 112 Å². The van der Waals surface area contributed by atoms with Gasteiger partial charge in [0.15, 0.2) is 17.4 Å². The van der Waals surface area contributed by atoms with Crippen molar-refractivity contribution < 1.29 is 19.0 Å². The molecule has 0 atom stereocenters. The van der Waals surface area contributed by atoms with Gasteiger partial charge in [-0.25, -0.2) is 24.7 Å². The zero-order chi connectivity index (χ0) is 20.8. The largest absolute Gasteiger partial charge is 0.491 e. The molecule has 1 fully saturated rings. The van der Waals surface area contributed by atoms with E-state index in [2.05, 4.69) is 30.2 Å². The van der Waals surface area contributed by atoms with Crippen molar-refractivity contribution in [2.24, 2.45) is 0 Å². The van der Waals surface area contributed by atoms with E-state index in [0.29, 0.717) is 41.9 Å². The Morgan fingerprint density at radius 3 is 2.50 bits per heavy atom. The number of nitrogens with one attached hydrogen (secondary N) is 1. The molecule has 10 heteroatoms. The van der Waals surface area contributed by atoms with Crippen LogP contribution in [0, 0.1) is 0 Å². The Kier molecular flexibility index (Phi) is 5.95. The minimum Gasteiger partial charge on any atom is -0.491 e. The van der Waals surface area contributed by atoms with E-state index >= 15 is 0 Å². The zero-order valence-corrected chi connectivity index (χ0v) is 16.3. The van der Waals surface area contributed by atoms with E-state index in [0.717, 1.165) is 13.1 Å². The summed E-state index contributed by atoms with van der Waals surface area (Å²) in [6.45, 7) is 2.70. The number of hydrogen-bond acceptors (Lipinski definition) is 9. The molecule has 2 aromatic heterocycles. The number of para-hydroxylation sites is 1. The van der Waals surface area contributed by atoms with Crippen molar-refractivity contribution in [3.63, 3.8) is 0 Å². The summed E-state index contributed by atoms with van der Waals surface area (Å²) in [4.78, 5) is 31.3. The number of carbonyl (C=O) groups is 1. The lowest BCUT2D eigenvalue weighted by molar-refractivity contribution is 0.122. The SMILES string of the molecule is COc1cnc(-c2cnc(NC(=O)Oc3ccccc3)nc2)nc1N1CCOCC1. The minimum absolute atomic E-state index is 0.113. The number of amides is 1. The van der Waals surface area contributed by atoms with Crippen LogP contribution in [0.5, 0.6) is 11.5 Å². The van der Waals surface area contributed by atoms with Crippen molar-refractivity contribution in [2.75, 3.05) is 43.6 Å². The number of nitrogens with zero attached hydrogens (tertiary/aromatic N) is 5. The molecule has 3 heterocycles. The quantitative estimate of drug-likeness (QED) is 0.680. The van der Waals surface area contributed by atoms with E-state index in [1.54, 1.807) is 37.6 Å². The van der Waals surface area contributed by atoms with E-state index in [4.69, 9.17) is 14.2 Å². The highest BCUT2D eigenvalue weighted by Gasteiger charge is 2.19. The Morgan fingerprint density at radius 2 is 1.80 bits per heavy atom. The number of aromatic nitrogens is 4. The Hall–Kier alpha value is -3.79. The molecule has 1 saturated heterocycles. The van der Waals surface area contributed by atoms with Gasteiger partial charge in [0.05, 0.1) is 32.1 Å². The Labute approximate surface area is 172 Å². The molecule has 1 amide bonds. The smallest absolute Gasteiger partial charge is 0.419 e. The summed E-state index contributed by atoms with van der Waals surface area (Å²) in [7, 11) is 1.58. The number of ether oxygens (including phenoxy) is 3. The summed E-state index contributed by atoms with van der Waals surface area (Å²) < 4.78 is 16.0. The average Bonchev–Trinajstić information content (AvgIpc) is 2.80. The van der Waals surface area contributed by atoms with Gasteiger partial charge < -0.3 is 19.1 Å². The molecule has 10 nitrogen and oxygen atoms in total. The average molecular weight is 408 g/mol. The van der Waals surface area contributed by atoms with E-state index in [1.807, 2.05) is 6.07 Å². The van der Waals surface area contributed by atoms with Crippen LogP contribution >= 0.6 is 0 Å². The molecule has 3 aromatic rings. The molecule has 0 unspecified atom stereocenters. The molecule has 1 aliphatic heterocycles. The minimum atomic E-state index is -0.677. The van der Waals surface area contributed by atoms with Crippen LogP contribution in [-0.4, -0.2) is 59.4 Å². The lowest BCUT2D eigenvalue weighted by atomic mass is 10.3. The van der Waals surface area contributed by atoms with Gasteiger partial charge in [0.25, 0.3) is 0 Å². The van der Waals surface area contributed by atoms with Gasteiger partial charge in [0, 0.05) is 25.5 Å². The molecule has 30 heavy (non-hydrogen) atoms. The molecule has 1 aliphatic rings. The van der Waals surface area contributed by atoms with Crippen LogP contribution < -0.4 is 19.7 Å². The third-order valence-electron chi connectivity index (χ3n) is 4.34. The summed E-state index contributed by atoms with van der Waals surface area (Å²) in [6, 6.07) is 8.73. The van der Waals surface area contributed by atoms with Gasteiger partial charge in [-0.05, 0) is 12.1 Å². The summed E-state index contributed by atoms with van der Waals surface area (Å²) in [6.07, 6.45) is 4.02. The van der Waals surface area contributed by atoms with Gasteiger partial charge in [-0.2, -0.15) is 0 Å². The van der Waals surface area contributed by atoms with E-state index in [1.165, 1.54) is 12.4 Å². The second kappa shape index (κ2) is 9.14.